The molecule has 0 aromatic carbocycles. The summed E-state index contributed by atoms with van der Waals surface area (Å²) in [4.78, 5) is 11.8. The lowest BCUT2D eigenvalue weighted by Crippen LogP contribution is -2.48. The number of nitrogens with zero attached hydrogens (tertiary/aromatic N) is 1. The Morgan fingerprint density at radius 3 is 2.00 bits per heavy atom. The molecule has 0 bridgehead atoms. The van der Waals surface area contributed by atoms with E-state index in [0.717, 1.165) is 25.9 Å². The number of hydrogen-bond donors (Lipinski definition) is 1. The van der Waals surface area contributed by atoms with Crippen molar-refractivity contribution in [1.82, 2.24) is 10.4 Å². The molecule has 1 N–H and O–H groups in total. The minimum Gasteiger partial charge on any atom is -0.379 e. The number of carbonyl (C=O) groups is 1. The van der Waals surface area contributed by atoms with Gasteiger partial charge in [-0.2, -0.15) is 0 Å². The normalized spacial score (nSPS) is 15.6. The first-order chi connectivity index (χ1) is 12.8. The van der Waals surface area contributed by atoms with Crippen molar-refractivity contribution >= 4 is 5.91 Å². The average Bonchev–Trinajstić information content (AvgIpc) is 2.65. The number of ether oxygens (including phenoxy) is 1. The summed E-state index contributed by atoms with van der Waals surface area (Å²) < 4.78 is 5.27. The molecule has 4 nitrogen and oxygen atoms in total. The van der Waals surface area contributed by atoms with Crippen LogP contribution in [0.4, 0.5) is 0 Å². The largest absolute Gasteiger partial charge is 0.379 e. The second kappa shape index (κ2) is 17.5. The number of rotatable bonds is 16. The smallest absolute Gasteiger partial charge is 0.234 e. The minimum atomic E-state index is 0.157. The van der Waals surface area contributed by atoms with Crippen molar-refractivity contribution in [2.24, 2.45) is 0 Å². The van der Waals surface area contributed by atoms with E-state index in [-0.39, 0.29) is 5.91 Å². The van der Waals surface area contributed by atoms with Gasteiger partial charge in [0.1, 0.15) is 0 Å². The van der Waals surface area contributed by atoms with Gasteiger partial charge in [0.2, 0.25) is 5.91 Å². The maximum Gasteiger partial charge on any atom is 0.234 e. The van der Waals surface area contributed by atoms with Crippen LogP contribution in [0, 0.1) is 0 Å². The molecule has 1 rings (SSSR count). The Morgan fingerprint density at radius 2 is 1.38 bits per heavy atom. The zero-order valence-electron chi connectivity index (χ0n) is 17.1. The van der Waals surface area contributed by atoms with Crippen LogP contribution in [0.25, 0.3) is 0 Å². The van der Waals surface area contributed by atoms with Gasteiger partial charge in [0, 0.05) is 19.5 Å². The van der Waals surface area contributed by atoms with E-state index in [0.29, 0.717) is 19.6 Å². The lowest BCUT2D eigenvalue weighted by Gasteiger charge is -2.26. The number of hydrogen-bond acceptors (Lipinski definition) is 3. The van der Waals surface area contributed by atoms with E-state index in [1.54, 1.807) is 0 Å². The van der Waals surface area contributed by atoms with Gasteiger partial charge in [-0.1, -0.05) is 70.4 Å². The Labute approximate surface area is 161 Å². The third-order valence-electron chi connectivity index (χ3n) is 4.96. The van der Waals surface area contributed by atoms with Crippen LogP contribution in [0.5, 0.6) is 0 Å². The second-order valence-electron chi connectivity index (χ2n) is 7.47. The second-order valence-corrected chi connectivity index (χ2v) is 7.47. The Hall–Kier alpha value is -0.870. The molecule has 0 saturated carbocycles. The zero-order chi connectivity index (χ0) is 18.7. The van der Waals surface area contributed by atoms with Crippen LogP contribution in [0.1, 0.15) is 96.8 Å². The van der Waals surface area contributed by atoms with Gasteiger partial charge in [0.15, 0.2) is 0 Å². The van der Waals surface area contributed by atoms with E-state index in [1.165, 1.54) is 70.6 Å². The SMILES string of the molecule is CCCCCCCCC=CCCCCCCCC(=O)NN1CCOCC1. The summed E-state index contributed by atoms with van der Waals surface area (Å²) in [6, 6.07) is 0. The number of morpholine rings is 1. The first-order valence-corrected chi connectivity index (χ1v) is 11.1. The first-order valence-electron chi connectivity index (χ1n) is 11.1. The highest BCUT2D eigenvalue weighted by molar-refractivity contribution is 5.75. The monoisotopic (exact) mass is 366 g/mol. The Bertz CT molecular complexity index is 352. The fourth-order valence-corrected chi connectivity index (χ4v) is 3.26. The van der Waals surface area contributed by atoms with E-state index >= 15 is 0 Å². The molecule has 1 saturated heterocycles. The van der Waals surface area contributed by atoms with Crippen molar-refractivity contribution in [3.63, 3.8) is 0 Å². The van der Waals surface area contributed by atoms with Gasteiger partial charge < -0.3 is 4.74 Å². The number of carbonyl (C=O) groups excluding carboxylic acids is 1. The molecule has 26 heavy (non-hydrogen) atoms. The van der Waals surface area contributed by atoms with Crippen molar-refractivity contribution in [2.45, 2.75) is 96.8 Å². The fraction of sp³-hybridized carbons (Fsp3) is 0.864. The highest BCUT2D eigenvalue weighted by Crippen LogP contribution is 2.10. The Kier molecular flexibility index (Phi) is 15.6. The lowest BCUT2D eigenvalue weighted by atomic mass is 10.1. The van der Waals surface area contributed by atoms with Crippen molar-refractivity contribution in [3.05, 3.63) is 12.2 Å². The molecule has 0 aliphatic carbocycles. The van der Waals surface area contributed by atoms with Crippen LogP contribution in [0.3, 0.4) is 0 Å². The summed E-state index contributed by atoms with van der Waals surface area (Å²) in [5.74, 6) is 0.157. The van der Waals surface area contributed by atoms with Crippen molar-refractivity contribution < 1.29 is 9.53 Å². The van der Waals surface area contributed by atoms with Gasteiger partial charge in [-0.3, -0.25) is 10.2 Å². The maximum absolute atomic E-state index is 11.8. The van der Waals surface area contributed by atoms with E-state index in [9.17, 15) is 4.79 Å². The molecule has 4 heteroatoms. The van der Waals surface area contributed by atoms with Crippen LogP contribution in [0.2, 0.25) is 0 Å². The number of allylic oxidation sites excluding steroid dienone is 2. The third kappa shape index (κ3) is 14.3. The molecule has 0 atom stereocenters. The molecular weight excluding hydrogens is 324 g/mol. The molecule has 152 valence electrons. The van der Waals surface area contributed by atoms with Crippen LogP contribution >= 0.6 is 0 Å². The summed E-state index contributed by atoms with van der Waals surface area (Å²) in [5, 5.41) is 1.98. The van der Waals surface area contributed by atoms with Crippen LogP contribution < -0.4 is 5.43 Å². The van der Waals surface area contributed by atoms with Crippen molar-refractivity contribution in [2.75, 3.05) is 26.3 Å². The third-order valence-corrected chi connectivity index (χ3v) is 4.96. The van der Waals surface area contributed by atoms with Gasteiger partial charge in [-0.25, -0.2) is 5.01 Å². The minimum absolute atomic E-state index is 0.157. The Balaban J connectivity index is 1.78. The highest BCUT2D eigenvalue weighted by Gasteiger charge is 2.12. The first kappa shape index (κ1) is 23.2. The predicted molar refractivity (Wildman–Crippen MR) is 110 cm³/mol. The van der Waals surface area contributed by atoms with E-state index in [1.807, 2.05) is 5.01 Å². The summed E-state index contributed by atoms with van der Waals surface area (Å²) in [6.45, 7) is 5.31. The predicted octanol–water partition coefficient (Wildman–Crippen LogP) is 5.39. The molecule has 0 unspecified atom stereocenters. The molecule has 0 aromatic heterocycles. The fourth-order valence-electron chi connectivity index (χ4n) is 3.26. The van der Waals surface area contributed by atoms with Crippen LogP contribution in [-0.4, -0.2) is 37.2 Å². The van der Waals surface area contributed by atoms with E-state index in [2.05, 4.69) is 24.5 Å². The van der Waals surface area contributed by atoms with Crippen molar-refractivity contribution in [3.8, 4) is 0 Å². The summed E-state index contributed by atoms with van der Waals surface area (Å²) in [5.41, 5.74) is 2.97. The van der Waals surface area contributed by atoms with Gasteiger partial charge >= 0.3 is 0 Å². The molecule has 1 heterocycles. The highest BCUT2D eigenvalue weighted by atomic mass is 16.5. The Morgan fingerprint density at radius 1 is 0.846 bits per heavy atom. The molecule has 1 aliphatic heterocycles. The molecule has 0 radical (unpaired) electrons. The van der Waals surface area contributed by atoms with Crippen LogP contribution in [0.15, 0.2) is 12.2 Å². The molecule has 1 fully saturated rings. The van der Waals surface area contributed by atoms with E-state index in [4.69, 9.17) is 4.74 Å². The summed E-state index contributed by atoms with van der Waals surface area (Å²) >= 11 is 0. The topological polar surface area (TPSA) is 41.6 Å². The van der Waals surface area contributed by atoms with Gasteiger partial charge in [-0.05, 0) is 32.1 Å². The number of nitrogens with one attached hydrogen (secondary N) is 1. The van der Waals surface area contributed by atoms with Gasteiger partial charge in [0.25, 0.3) is 0 Å². The molecule has 1 amide bonds. The summed E-state index contributed by atoms with van der Waals surface area (Å²) in [7, 11) is 0. The standard InChI is InChI=1S/C22H42N2O2/c1-2-3-4-5-6-7-8-9-10-11-12-13-14-15-16-17-22(25)23-24-18-20-26-21-19-24/h9-10H,2-8,11-21H2,1H3,(H,23,25). The number of amides is 1. The quantitative estimate of drug-likeness (QED) is 0.294. The summed E-state index contributed by atoms with van der Waals surface area (Å²) in [6.07, 6.45) is 22.1. The zero-order valence-corrected chi connectivity index (χ0v) is 17.1. The number of hydrazine groups is 1. The molecule has 1 aliphatic rings. The number of unbranched alkanes of at least 4 members (excludes halogenated alkanes) is 11. The van der Waals surface area contributed by atoms with Gasteiger partial charge in [0.05, 0.1) is 13.2 Å². The maximum atomic E-state index is 11.8. The molecular formula is C22H42N2O2. The molecule has 0 aromatic rings. The van der Waals surface area contributed by atoms with Crippen molar-refractivity contribution in [1.29, 1.82) is 0 Å². The van der Waals surface area contributed by atoms with Crippen LogP contribution in [-0.2, 0) is 9.53 Å². The van der Waals surface area contributed by atoms with E-state index < -0.39 is 0 Å². The molecule has 0 spiro atoms. The van der Waals surface area contributed by atoms with Gasteiger partial charge in [-0.15, -0.1) is 0 Å². The lowest BCUT2D eigenvalue weighted by molar-refractivity contribution is -0.128. The average molecular weight is 367 g/mol.